The summed E-state index contributed by atoms with van der Waals surface area (Å²) in [5, 5.41) is 2.99. The summed E-state index contributed by atoms with van der Waals surface area (Å²) in [6, 6.07) is 7.73. The van der Waals surface area contributed by atoms with Gasteiger partial charge < -0.3 is 15.1 Å². The molecule has 0 bridgehead atoms. The Morgan fingerprint density at radius 2 is 1.71 bits per heavy atom. The Labute approximate surface area is 164 Å². The molecule has 0 radical (unpaired) electrons. The van der Waals surface area contributed by atoms with Crippen molar-refractivity contribution >= 4 is 23.5 Å². The maximum atomic E-state index is 13.1. The summed E-state index contributed by atoms with van der Waals surface area (Å²) in [6.45, 7) is 6.45. The number of carbonyl (C=O) groups is 2. The SMILES string of the molecule is Cc1ccc(C)c(NC(=O)C2(C(=O)N3CCN(c4ncccn4)CC3)CC2)c1. The Morgan fingerprint density at radius 1 is 1.04 bits per heavy atom. The smallest absolute Gasteiger partial charge is 0.240 e. The molecule has 2 aliphatic rings. The number of nitrogens with zero attached hydrogens (tertiary/aromatic N) is 4. The van der Waals surface area contributed by atoms with Crippen molar-refractivity contribution in [3.63, 3.8) is 0 Å². The Bertz CT molecular complexity index is 887. The van der Waals surface area contributed by atoms with Crippen LogP contribution in [0.2, 0.25) is 0 Å². The number of aromatic nitrogens is 2. The van der Waals surface area contributed by atoms with Gasteiger partial charge in [0.15, 0.2) is 0 Å². The minimum atomic E-state index is -0.901. The molecular formula is C21H25N5O2. The fourth-order valence-electron chi connectivity index (χ4n) is 3.64. The van der Waals surface area contributed by atoms with E-state index in [-0.39, 0.29) is 11.8 Å². The number of anilines is 2. The first-order valence-corrected chi connectivity index (χ1v) is 9.70. The van der Waals surface area contributed by atoms with Gasteiger partial charge in [0.1, 0.15) is 5.41 Å². The van der Waals surface area contributed by atoms with Gasteiger partial charge in [-0.1, -0.05) is 12.1 Å². The molecule has 7 heteroatoms. The molecular weight excluding hydrogens is 354 g/mol. The van der Waals surface area contributed by atoms with Crippen molar-refractivity contribution in [1.29, 1.82) is 0 Å². The number of amides is 2. The van der Waals surface area contributed by atoms with Crippen molar-refractivity contribution in [3.05, 3.63) is 47.8 Å². The molecule has 1 saturated carbocycles. The summed E-state index contributed by atoms with van der Waals surface area (Å²) in [6.07, 6.45) is 4.67. The van der Waals surface area contributed by atoms with Crippen LogP contribution in [0.1, 0.15) is 24.0 Å². The first-order chi connectivity index (χ1) is 13.5. The van der Waals surface area contributed by atoms with E-state index in [1.165, 1.54) is 0 Å². The molecule has 4 rings (SSSR count). The van der Waals surface area contributed by atoms with Crippen molar-refractivity contribution in [2.24, 2.45) is 5.41 Å². The molecule has 7 nitrogen and oxygen atoms in total. The van der Waals surface area contributed by atoms with Crippen LogP contribution in [-0.2, 0) is 9.59 Å². The van der Waals surface area contributed by atoms with E-state index in [9.17, 15) is 9.59 Å². The van der Waals surface area contributed by atoms with Gasteiger partial charge >= 0.3 is 0 Å². The zero-order valence-electron chi connectivity index (χ0n) is 16.3. The van der Waals surface area contributed by atoms with Gasteiger partial charge in [-0.05, 0) is 49.9 Å². The lowest BCUT2D eigenvalue weighted by Crippen LogP contribution is -2.53. The van der Waals surface area contributed by atoms with Crippen molar-refractivity contribution < 1.29 is 9.59 Å². The number of benzene rings is 1. The van der Waals surface area contributed by atoms with E-state index < -0.39 is 5.41 Å². The van der Waals surface area contributed by atoms with Crippen molar-refractivity contribution in [2.45, 2.75) is 26.7 Å². The molecule has 0 atom stereocenters. The van der Waals surface area contributed by atoms with E-state index in [1.807, 2.05) is 36.9 Å². The average Bonchev–Trinajstić information content (AvgIpc) is 3.53. The quantitative estimate of drug-likeness (QED) is 0.824. The Morgan fingerprint density at radius 3 is 2.36 bits per heavy atom. The van der Waals surface area contributed by atoms with E-state index in [2.05, 4.69) is 20.2 Å². The van der Waals surface area contributed by atoms with Crippen LogP contribution in [-0.4, -0.2) is 52.9 Å². The molecule has 1 aliphatic carbocycles. The lowest BCUT2D eigenvalue weighted by atomic mass is 10.0. The lowest BCUT2D eigenvalue weighted by Gasteiger charge is -2.36. The lowest BCUT2D eigenvalue weighted by molar-refractivity contribution is -0.142. The number of carbonyl (C=O) groups excluding carboxylic acids is 2. The predicted molar refractivity (Wildman–Crippen MR) is 107 cm³/mol. The molecule has 1 aliphatic heterocycles. The second kappa shape index (κ2) is 7.22. The van der Waals surface area contributed by atoms with Crippen LogP contribution in [0.15, 0.2) is 36.7 Å². The topological polar surface area (TPSA) is 78.4 Å². The Balaban J connectivity index is 1.40. The van der Waals surface area contributed by atoms with Crippen LogP contribution in [0.4, 0.5) is 11.6 Å². The fourth-order valence-corrected chi connectivity index (χ4v) is 3.64. The van der Waals surface area contributed by atoms with Gasteiger partial charge in [0.05, 0.1) is 0 Å². The zero-order valence-corrected chi connectivity index (χ0v) is 16.3. The van der Waals surface area contributed by atoms with Gasteiger partial charge in [-0.25, -0.2) is 9.97 Å². The number of aryl methyl sites for hydroxylation is 2. The Hall–Kier alpha value is -2.96. The zero-order chi connectivity index (χ0) is 19.7. The van der Waals surface area contributed by atoms with Gasteiger partial charge in [0.25, 0.3) is 0 Å². The van der Waals surface area contributed by atoms with Gasteiger partial charge in [-0.15, -0.1) is 0 Å². The predicted octanol–water partition coefficient (Wildman–Crippen LogP) is 2.16. The molecule has 2 amide bonds. The highest BCUT2D eigenvalue weighted by molar-refractivity contribution is 6.13. The van der Waals surface area contributed by atoms with Crippen LogP contribution in [0.5, 0.6) is 0 Å². The van der Waals surface area contributed by atoms with Crippen LogP contribution < -0.4 is 10.2 Å². The monoisotopic (exact) mass is 379 g/mol. The minimum absolute atomic E-state index is 0.0519. The molecule has 1 aromatic heterocycles. The third kappa shape index (κ3) is 3.44. The number of piperazine rings is 1. The molecule has 1 aromatic carbocycles. The van der Waals surface area contributed by atoms with E-state index in [0.717, 1.165) is 16.8 Å². The maximum Gasteiger partial charge on any atom is 0.240 e. The normalized spacial score (nSPS) is 17.9. The summed E-state index contributed by atoms with van der Waals surface area (Å²) in [7, 11) is 0. The second-order valence-electron chi connectivity index (χ2n) is 7.68. The fraction of sp³-hybridized carbons (Fsp3) is 0.429. The standard InChI is InChI=1S/C21H25N5O2/c1-15-4-5-16(2)17(14-15)24-18(27)21(6-7-21)19(28)25-10-12-26(13-11-25)20-22-8-3-9-23-20/h3-5,8-9,14H,6-7,10-13H2,1-2H3,(H,24,27). The molecule has 2 fully saturated rings. The molecule has 1 N–H and O–H groups in total. The third-order valence-corrected chi connectivity index (χ3v) is 5.64. The highest BCUT2D eigenvalue weighted by Gasteiger charge is 2.58. The van der Waals surface area contributed by atoms with Crippen LogP contribution >= 0.6 is 0 Å². The van der Waals surface area contributed by atoms with Crippen molar-refractivity contribution in [2.75, 3.05) is 36.4 Å². The maximum absolute atomic E-state index is 13.1. The highest BCUT2D eigenvalue weighted by atomic mass is 16.2. The minimum Gasteiger partial charge on any atom is -0.338 e. The van der Waals surface area contributed by atoms with Crippen LogP contribution in [0, 0.1) is 19.3 Å². The van der Waals surface area contributed by atoms with Crippen LogP contribution in [0.3, 0.4) is 0 Å². The number of nitrogens with one attached hydrogen (secondary N) is 1. The van der Waals surface area contributed by atoms with Crippen molar-refractivity contribution in [1.82, 2.24) is 14.9 Å². The second-order valence-corrected chi connectivity index (χ2v) is 7.68. The largest absolute Gasteiger partial charge is 0.338 e. The van der Waals surface area contributed by atoms with Crippen molar-refractivity contribution in [3.8, 4) is 0 Å². The first kappa shape index (κ1) is 18.4. The number of hydrogen-bond acceptors (Lipinski definition) is 5. The molecule has 146 valence electrons. The van der Waals surface area contributed by atoms with Gasteiger partial charge in [0.2, 0.25) is 17.8 Å². The van der Waals surface area contributed by atoms with E-state index >= 15 is 0 Å². The molecule has 0 unspecified atom stereocenters. The highest BCUT2D eigenvalue weighted by Crippen LogP contribution is 2.48. The summed E-state index contributed by atoms with van der Waals surface area (Å²) >= 11 is 0. The molecule has 0 spiro atoms. The third-order valence-electron chi connectivity index (χ3n) is 5.64. The average molecular weight is 379 g/mol. The molecule has 2 aromatic rings. The first-order valence-electron chi connectivity index (χ1n) is 9.70. The van der Waals surface area contributed by atoms with Gasteiger partial charge in [-0.3, -0.25) is 9.59 Å². The van der Waals surface area contributed by atoms with E-state index in [1.54, 1.807) is 18.5 Å². The van der Waals surface area contributed by atoms with Gasteiger partial charge in [-0.2, -0.15) is 0 Å². The number of rotatable bonds is 4. The molecule has 2 heterocycles. The number of hydrogen-bond donors (Lipinski definition) is 1. The Kier molecular flexibility index (Phi) is 4.75. The summed E-state index contributed by atoms with van der Waals surface area (Å²) in [5.41, 5.74) is 1.96. The summed E-state index contributed by atoms with van der Waals surface area (Å²) in [5.74, 6) is 0.451. The summed E-state index contributed by atoms with van der Waals surface area (Å²) < 4.78 is 0. The van der Waals surface area contributed by atoms with E-state index in [4.69, 9.17) is 0 Å². The summed E-state index contributed by atoms with van der Waals surface area (Å²) in [4.78, 5) is 38.5. The molecule has 28 heavy (non-hydrogen) atoms. The van der Waals surface area contributed by atoms with Crippen LogP contribution in [0.25, 0.3) is 0 Å². The molecule has 1 saturated heterocycles. The van der Waals surface area contributed by atoms with Gasteiger partial charge in [0, 0.05) is 44.3 Å². The van der Waals surface area contributed by atoms with E-state index in [0.29, 0.717) is 45.0 Å².